The molecule has 2 aromatic rings. The van der Waals surface area contributed by atoms with Crippen LogP contribution < -0.4 is 10.2 Å². The van der Waals surface area contributed by atoms with Gasteiger partial charge in [0.2, 0.25) is 0 Å². The number of nitrogens with one attached hydrogen (secondary N) is 1. The number of hydrogen-bond donors (Lipinski definition) is 1. The van der Waals surface area contributed by atoms with E-state index >= 15 is 0 Å². The van der Waals surface area contributed by atoms with E-state index in [0.29, 0.717) is 17.1 Å². The molecule has 0 saturated carbocycles. The van der Waals surface area contributed by atoms with Gasteiger partial charge in [0.1, 0.15) is 17.3 Å². The third kappa shape index (κ3) is 3.76. The van der Waals surface area contributed by atoms with Crippen LogP contribution in [0.3, 0.4) is 0 Å². The molecule has 1 N–H and O–H groups in total. The van der Waals surface area contributed by atoms with E-state index < -0.39 is 0 Å². The van der Waals surface area contributed by atoms with Crippen molar-refractivity contribution in [2.45, 2.75) is 13.8 Å². The minimum Gasteiger partial charge on any atom is -0.372 e. The summed E-state index contributed by atoms with van der Waals surface area (Å²) in [4.78, 5) is 18.7. The van der Waals surface area contributed by atoms with Crippen molar-refractivity contribution < 1.29 is 9.18 Å². The van der Waals surface area contributed by atoms with Gasteiger partial charge in [-0.2, -0.15) is 0 Å². The van der Waals surface area contributed by atoms with Crippen molar-refractivity contribution >= 4 is 23.5 Å². The van der Waals surface area contributed by atoms with Gasteiger partial charge >= 0.3 is 0 Å². The molecule has 5 heteroatoms. The zero-order chi connectivity index (χ0) is 17.8. The normalized spacial score (nSPS) is 15.2. The van der Waals surface area contributed by atoms with Crippen molar-refractivity contribution in [1.29, 1.82) is 0 Å². The molecular formula is C20H20FN3O. The molecule has 1 heterocycles. The molecule has 0 radical (unpaired) electrons. The summed E-state index contributed by atoms with van der Waals surface area (Å²) in [6, 6.07) is 14.0. The molecule has 3 rings (SSSR count). The van der Waals surface area contributed by atoms with Crippen molar-refractivity contribution in [3.63, 3.8) is 0 Å². The third-order valence-electron chi connectivity index (χ3n) is 4.12. The second-order valence-electron chi connectivity index (χ2n) is 5.72. The first kappa shape index (κ1) is 16.9. The van der Waals surface area contributed by atoms with Crippen LogP contribution >= 0.6 is 0 Å². The van der Waals surface area contributed by atoms with Crippen molar-refractivity contribution in [1.82, 2.24) is 5.32 Å². The summed E-state index contributed by atoms with van der Waals surface area (Å²) in [5.41, 5.74) is 2.90. The minimum atomic E-state index is -0.362. The summed E-state index contributed by atoms with van der Waals surface area (Å²) in [7, 11) is 0. The summed E-state index contributed by atoms with van der Waals surface area (Å²) < 4.78 is 13.3. The number of benzene rings is 2. The molecule has 0 atom stereocenters. The Bertz CT molecular complexity index is 836. The van der Waals surface area contributed by atoms with Crippen molar-refractivity contribution in [2.24, 2.45) is 4.99 Å². The highest BCUT2D eigenvalue weighted by molar-refractivity contribution is 6.19. The Morgan fingerprint density at radius 1 is 1.12 bits per heavy atom. The number of hydrogen-bond acceptors (Lipinski definition) is 3. The topological polar surface area (TPSA) is 44.7 Å². The lowest BCUT2D eigenvalue weighted by molar-refractivity contribution is -0.115. The molecule has 1 aliphatic rings. The maximum Gasteiger partial charge on any atom is 0.275 e. The van der Waals surface area contributed by atoms with Crippen LogP contribution in [0, 0.1) is 5.82 Å². The first-order chi connectivity index (χ1) is 12.1. The van der Waals surface area contributed by atoms with Crippen LogP contribution in [0.5, 0.6) is 0 Å². The molecule has 0 aromatic heterocycles. The van der Waals surface area contributed by atoms with Gasteiger partial charge in [-0.1, -0.05) is 24.3 Å². The number of nitrogens with zero attached hydrogens (tertiary/aromatic N) is 2. The Hall–Kier alpha value is -2.95. The molecule has 0 unspecified atom stereocenters. The van der Waals surface area contributed by atoms with Gasteiger partial charge in [0.05, 0.1) is 0 Å². The standard InChI is InChI=1S/C20H20FN3O/c1-3-24(4-2)17-10-8-14(9-11-17)12-18-20(25)23-19(22-18)15-6-5-7-16(21)13-15/h5-13H,3-4H2,1-2H3,(H,22,23,25). The molecule has 1 amide bonds. The van der Waals surface area contributed by atoms with Gasteiger partial charge in [-0.15, -0.1) is 0 Å². The Morgan fingerprint density at radius 2 is 1.84 bits per heavy atom. The average Bonchev–Trinajstić information content (AvgIpc) is 2.98. The van der Waals surface area contributed by atoms with Crippen molar-refractivity contribution in [2.75, 3.05) is 18.0 Å². The molecule has 0 aliphatic carbocycles. The predicted octanol–water partition coefficient (Wildman–Crippen LogP) is 3.59. The van der Waals surface area contributed by atoms with Crippen LogP contribution in [0.2, 0.25) is 0 Å². The van der Waals surface area contributed by atoms with Gasteiger partial charge in [0.15, 0.2) is 0 Å². The number of amidine groups is 1. The lowest BCUT2D eigenvalue weighted by atomic mass is 10.1. The van der Waals surface area contributed by atoms with Gasteiger partial charge in [0.25, 0.3) is 5.91 Å². The van der Waals surface area contributed by atoms with E-state index in [4.69, 9.17) is 0 Å². The molecule has 0 fully saturated rings. The number of anilines is 1. The summed E-state index contributed by atoms with van der Waals surface area (Å²) in [5.74, 6) is -0.276. The Balaban J connectivity index is 1.84. The molecule has 25 heavy (non-hydrogen) atoms. The first-order valence-electron chi connectivity index (χ1n) is 8.33. The van der Waals surface area contributed by atoms with E-state index in [-0.39, 0.29) is 11.7 Å². The molecular weight excluding hydrogens is 317 g/mol. The van der Waals surface area contributed by atoms with E-state index in [9.17, 15) is 9.18 Å². The summed E-state index contributed by atoms with van der Waals surface area (Å²) >= 11 is 0. The molecule has 2 aromatic carbocycles. The van der Waals surface area contributed by atoms with E-state index in [1.807, 2.05) is 24.3 Å². The Kier molecular flexibility index (Phi) is 4.93. The number of aliphatic imine (C=N–C) groups is 1. The fourth-order valence-corrected chi connectivity index (χ4v) is 2.77. The van der Waals surface area contributed by atoms with E-state index in [0.717, 1.165) is 24.3 Å². The first-order valence-corrected chi connectivity index (χ1v) is 8.33. The lowest BCUT2D eigenvalue weighted by Gasteiger charge is -2.20. The Labute approximate surface area is 146 Å². The summed E-state index contributed by atoms with van der Waals surface area (Å²) in [6.07, 6.45) is 1.73. The quantitative estimate of drug-likeness (QED) is 0.848. The van der Waals surface area contributed by atoms with E-state index in [1.165, 1.54) is 12.1 Å². The smallest absolute Gasteiger partial charge is 0.275 e. The lowest BCUT2D eigenvalue weighted by Crippen LogP contribution is -2.24. The minimum absolute atomic E-state index is 0.285. The highest BCUT2D eigenvalue weighted by Crippen LogP contribution is 2.19. The van der Waals surface area contributed by atoms with Crippen molar-refractivity contribution in [3.05, 3.63) is 71.2 Å². The average molecular weight is 337 g/mol. The number of amides is 1. The number of rotatable bonds is 5. The van der Waals surface area contributed by atoms with Crippen molar-refractivity contribution in [3.8, 4) is 0 Å². The molecule has 0 saturated heterocycles. The van der Waals surface area contributed by atoms with Gasteiger partial charge in [0, 0.05) is 24.3 Å². The fourth-order valence-electron chi connectivity index (χ4n) is 2.77. The highest BCUT2D eigenvalue weighted by atomic mass is 19.1. The fraction of sp³-hybridized carbons (Fsp3) is 0.200. The van der Waals surface area contributed by atoms with Gasteiger partial charge < -0.3 is 10.2 Å². The summed E-state index contributed by atoms with van der Waals surface area (Å²) in [6.45, 7) is 6.12. The highest BCUT2D eigenvalue weighted by Gasteiger charge is 2.21. The second-order valence-corrected chi connectivity index (χ2v) is 5.72. The van der Waals surface area contributed by atoms with Crippen LogP contribution in [-0.4, -0.2) is 24.8 Å². The van der Waals surface area contributed by atoms with Gasteiger partial charge in [-0.05, 0) is 49.8 Å². The zero-order valence-corrected chi connectivity index (χ0v) is 14.3. The maximum atomic E-state index is 13.3. The molecule has 0 spiro atoms. The zero-order valence-electron chi connectivity index (χ0n) is 14.3. The largest absolute Gasteiger partial charge is 0.372 e. The molecule has 0 bridgehead atoms. The summed E-state index contributed by atoms with van der Waals surface area (Å²) in [5, 5.41) is 2.68. The van der Waals surface area contributed by atoms with Crippen LogP contribution in [0.4, 0.5) is 10.1 Å². The third-order valence-corrected chi connectivity index (χ3v) is 4.12. The van der Waals surface area contributed by atoms with Crippen LogP contribution in [-0.2, 0) is 4.79 Å². The second kappa shape index (κ2) is 7.30. The number of carbonyl (C=O) groups excluding carboxylic acids is 1. The molecule has 128 valence electrons. The van der Waals surface area contributed by atoms with Crippen LogP contribution in [0.25, 0.3) is 6.08 Å². The predicted molar refractivity (Wildman–Crippen MR) is 99.1 cm³/mol. The maximum absolute atomic E-state index is 13.3. The van der Waals surface area contributed by atoms with Crippen LogP contribution in [0.15, 0.2) is 59.2 Å². The van der Waals surface area contributed by atoms with E-state index in [2.05, 4.69) is 29.1 Å². The number of carbonyl (C=O) groups is 1. The Morgan fingerprint density at radius 3 is 2.48 bits per heavy atom. The van der Waals surface area contributed by atoms with Crippen LogP contribution in [0.1, 0.15) is 25.0 Å². The van der Waals surface area contributed by atoms with Gasteiger partial charge in [-0.3, -0.25) is 4.79 Å². The van der Waals surface area contributed by atoms with E-state index in [1.54, 1.807) is 18.2 Å². The van der Waals surface area contributed by atoms with Gasteiger partial charge in [-0.25, -0.2) is 9.38 Å². The monoisotopic (exact) mass is 337 g/mol. The molecule has 1 aliphatic heterocycles. The number of halogens is 1. The molecule has 4 nitrogen and oxygen atoms in total. The SMILES string of the molecule is CCN(CC)c1ccc(C=C2N=C(c3cccc(F)c3)NC2=O)cc1.